The topological polar surface area (TPSA) is 43.4 Å². The van der Waals surface area contributed by atoms with Crippen molar-refractivity contribution in [1.29, 1.82) is 0 Å². The molecule has 0 aliphatic carbocycles. The summed E-state index contributed by atoms with van der Waals surface area (Å²) in [4.78, 5) is 13.4. The maximum atomic E-state index is 11.0. The minimum Gasteiger partial charge on any atom is -0.550 e. The first-order chi connectivity index (χ1) is 14.1. The number of rotatable bonds is 23. The van der Waals surface area contributed by atoms with Crippen LogP contribution in [0, 0.1) is 0 Å². The van der Waals surface area contributed by atoms with Crippen LogP contribution in [-0.4, -0.2) is 30.0 Å². The van der Waals surface area contributed by atoms with Crippen LogP contribution in [0.4, 0.5) is 0 Å². The van der Waals surface area contributed by atoms with Crippen molar-refractivity contribution in [3.8, 4) is 0 Å². The van der Waals surface area contributed by atoms with Crippen LogP contribution in [0.15, 0.2) is 0 Å². The summed E-state index contributed by atoms with van der Waals surface area (Å²) in [5, 5.41) is 11.0. The first-order valence-corrected chi connectivity index (χ1v) is 13.1. The average molecular weight is 434 g/mol. The quantitative estimate of drug-likeness (QED) is 0.181. The zero-order valence-electron chi connectivity index (χ0n) is 21.2. The summed E-state index contributed by atoms with van der Waals surface area (Å²) < 4.78 is 0. The van der Waals surface area contributed by atoms with Gasteiger partial charge in [0.1, 0.15) is 0 Å². The minimum absolute atomic E-state index is 0. The first kappa shape index (κ1) is 32.6. The number of unbranched alkanes of at least 4 members (excludes halogenated alkanes) is 16. The molecule has 1 atom stereocenters. The third kappa shape index (κ3) is 23.1. The predicted octanol–water partition coefficient (Wildman–Crippen LogP) is 3.88. The fourth-order valence-electron chi connectivity index (χ4n) is 4.17. The molecule has 1 unspecified atom stereocenters. The molecule has 0 aliphatic heterocycles. The van der Waals surface area contributed by atoms with Crippen molar-refractivity contribution < 1.29 is 39.5 Å². The number of aliphatic carboxylic acids is 1. The zero-order valence-corrected chi connectivity index (χ0v) is 23.2. The summed E-state index contributed by atoms with van der Waals surface area (Å²) in [6.07, 6.45) is 24.2. The summed E-state index contributed by atoms with van der Waals surface area (Å²) >= 11 is 0. The van der Waals surface area contributed by atoms with E-state index < -0.39 is 5.97 Å². The molecule has 0 amide bonds. The molecule has 3 nitrogen and oxygen atoms in total. The summed E-state index contributed by atoms with van der Waals surface area (Å²) in [7, 11) is 0. The Labute approximate surface area is 211 Å². The van der Waals surface area contributed by atoms with Crippen molar-refractivity contribution in [3.05, 3.63) is 0 Å². The number of carbonyl (C=O) groups is 1. The van der Waals surface area contributed by atoms with Gasteiger partial charge in [0, 0.05) is 18.4 Å². The van der Waals surface area contributed by atoms with E-state index in [-0.39, 0.29) is 42.0 Å². The Morgan fingerprint density at radius 2 is 0.933 bits per heavy atom. The number of hydrogen-bond acceptors (Lipinski definition) is 3. The molecule has 0 aromatic heterocycles. The second-order valence-corrected chi connectivity index (χ2v) is 9.12. The Morgan fingerprint density at radius 1 is 0.633 bits per heavy atom. The van der Waals surface area contributed by atoms with E-state index in [9.17, 15) is 9.90 Å². The standard InChI is InChI=1S/C26H53NO2.Na/c1-4-6-8-10-12-14-16-18-20-22-27(25(3)24-26(28)29)23-21-19-17-15-13-11-9-7-5-2;/h25H,4-24H2,1-3H3,(H,28,29);/q;+1/p-1. The Morgan fingerprint density at radius 3 is 1.23 bits per heavy atom. The molecular weight excluding hydrogens is 381 g/mol. The second-order valence-electron chi connectivity index (χ2n) is 9.12. The summed E-state index contributed by atoms with van der Waals surface area (Å²) in [6.45, 7) is 8.67. The summed E-state index contributed by atoms with van der Waals surface area (Å²) in [5.41, 5.74) is 0. The first-order valence-electron chi connectivity index (χ1n) is 13.1. The Kier molecular flexibility index (Phi) is 27.9. The van der Waals surface area contributed by atoms with Gasteiger partial charge in [-0.3, -0.25) is 0 Å². The van der Waals surface area contributed by atoms with Crippen LogP contribution in [0.25, 0.3) is 0 Å². The average Bonchev–Trinajstić information content (AvgIpc) is 2.69. The molecule has 30 heavy (non-hydrogen) atoms. The van der Waals surface area contributed by atoms with E-state index in [0.717, 1.165) is 13.1 Å². The van der Waals surface area contributed by atoms with Crippen molar-refractivity contribution in [2.24, 2.45) is 0 Å². The minimum atomic E-state index is -0.915. The summed E-state index contributed by atoms with van der Waals surface area (Å²) in [6, 6.07) is 0.100. The fourth-order valence-corrected chi connectivity index (χ4v) is 4.17. The Balaban J connectivity index is 0. The molecule has 0 radical (unpaired) electrons. The van der Waals surface area contributed by atoms with Crippen LogP contribution in [0.2, 0.25) is 0 Å². The van der Waals surface area contributed by atoms with Gasteiger partial charge < -0.3 is 14.8 Å². The third-order valence-electron chi connectivity index (χ3n) is 6.18. The summed E-state index contributed by atoms with van der Waals surface area (Å²) in [5.74, 6) is -0.915. The van der Waals surface area contributed by atoms with Gasteiger partial charge in [0.2, 0.25) is 0 Å². The molecule has 0 bridgehead atoms. The van der Waals surface area contributed by atoms with Gasteiger partial charge in [0.25, 0.3) is 0 Å². The molecule has 0 N–H and O–H groups in total. The van der Waals surface area contributed by atoms with Gasteiger partial charge in [-0.2, -0.15) is 0 Å². The monoisotopic (exact) mass is 433 g/mol. The second kappa shape index (κ2) is 25.7. The van der Waals surface area contributed by atoms with E-state index in [1.807, 2.05) is 0 Å². The Hall–Kier alpha value is 0.430. The molecular formula is C26H52NNaO2. The van der Waals surface area contributed by atoms with Gasteiger partial charge in [-0.05, 0) is 32.9 Å². The molecule has 174 valence electrons. The molecule has 0 saturated carbocycles. The normalized spacial score (nSPS) is 12.1. The van der Waals surface area contributed by atoms with Crippen molar-refractivity contribution in [2.45, 2.75) is 149 Å². The number of carbonyl (C=O) groups excluding carboxylic acids is 1. The van der Waals surface area contributed by atoms with Crippen molar-refractivity contribution >= 4 is 5.97 Å². The van der Waals surface area contributed by atoms with E-state index >= 15 is 0 Å². The molecule has 0 spiro atoms. The van der Waals surface area contributed by atoms with E-state index in [1.165, 1.54) is 116 Å². The van der Waals surface area contributed by atoms with Gasteiger partial charge in [0.15, 0.2) is 0 Å². The number of carboxylic acids is 1. The molecule has 0 rings (SSSR count). The largest absolute Gasteiger partial charge is 1.00 e. The zero-order chi connectivity index (χ0) is 21.6. The fraction of sp³-hybridized carbons (Fsp3) is 0.962. The van der Waals surface area contributed by atoms with Crippen molar-refractivity contribution in [2.75, 3.05) is 13.1 Å². The number of carboxylic acid groups (broad SMARTS) is 1. The number of nitrogens with zero attached hydrogens (tertiary/aromatic N) is 1. The van der Waals surface area contributed by atoms with Gasteiger partial charge in [0.05, 0.1) is 0 Å². The molecule has 0 aromatic rings. The smallest absolute Gasteiger partial charge is 0.550 e. The van der Waals surface area contributed by atoms with Gasteiger partial charge in [-0.1, -0.05) is 117 Å². The molecule has 0 heterocycles. The SMILES string of the molecule is CCCCCCCCCCCN(CCCCCCCCCCC)C(C)CC(=O)[O-].[Na+]. The van der Waals surface area contributed by atoms with Crippen LogP contribution in [-0.2, 0) is 4.79 Å². The van der Waals surface area contributed by atoms with Crippen LogP contribution < -0.4 is 34.7 Å². The van der Waals surface area contributed by atoms with Gasteiger partial charge in [-0.15, -0.1) is 0 Å². The van der Waals surface area contributed by atoms with Gasteiger partial charge >= 0.3 is 29.6 Å². The molecule has 0 saturated heterocycles. The number of hydrogen-bond donors (Lipinski definition) is 0. The van der Waals surface area contributed by atoms with Crippen LogP contribution in [0.3, 0.4) is 0 Å². The van der Waals surface area contributed by atoms with Crippen LogP contribution in [0.5, 0.6) is 0 Å². The van der Waals surface area contributed by atoms with Crippen LogP contribution >= 0.6 is 0 Å². The maximum Gasteiger partial charge on any atom is 1.00 e. The van der Waals surface area contributed by atoms with E-state index in [4.69, 9.17) is 0 Å². The van der Waals surface area contributed by atoms with E-state index in [0.29, 0.717) is 0 Å². The van der Waals surface area contributed by atoms with Crippen molar-refractivity contribution in [3.63, 3.8) is 0 Å². The Bertz CT molecular complexity index is 330. The van der Waals surface area contributed by atoms with Gasteiger partial charge in [-0.25, -0.2) is 0 Å². The van der Waals surface area contributed by atoms with E-state index in [1.54, 1.807) is 0 Å². The van der Waals surface area contributed by atoms with Crippen molar-refractivity contribution in [1.82, 2.24) is 4.90 Å². The molecule has 0 aromatic carbocycles. The predicted molar refractivity (Wildman–Crippen MR) is 125 cm³/mol. The molecule has 0 fully saturated rings. The van der Waals surface area contributed by atoms with Crippen LogP contribution in [0.1, 0.15) is 143 Å². The maximum absolute atomic E-state index is 11.0. The molecule has 4 heteroatoms. The van der Waals surface area contributed by atoms with E-state index in [2.05, 4.69) is 25.7 Å². The molecule has 0 aliphatic rings. The third-order valence-corrected chi connectivity index (χ3v) is 6.18.